The number of rotatable bonds is 4. The average Bonchev–Trinajstić information content (AvgIpc) is 2.98. The van der Waals surface area contributed by atoms with E-state index in [0.29, 0.717) is 11.4 Å². The van der Waals surface area contributed by atoms with Gasteiger partial charge in [-0.25, -0.2) is 4.98 Å². The Kier molecular flexibility index (Phi) is 3.75. The maximum atomic E-state index is 5.76. The number of anilines is 3. The summed E-state index contributed by atoms with van der Waals surface area (Å²) in [5, 5.41) is 6.11. The fourth-order valence-corrected chi connectivity index (χ4v) is 2.73. The van der Waals surface area contributed by atoms with Crippen LogP contribution in [0.3, 0.4) is 0 Å². The van der Waals surface area contributed by atoms with Crippen LogP contribution in [0.4, 0.5) is 16.5 Å². The number of nitrogens with two attached hydrogens (primary N) is 1. The summed E-state index contributed by atoms with van der Waals surface area (Å²) in [5.41, 5.74) is 9.33. The van der Waals surface area contributed by atoms with E-state index in [4.69, 9.17) is 10.5 Å². The first-order chi connectivity index (χ1) is 10.3. The van der Waals surface area contributed by atoms with Crippen molar-refractivity contribution in [3.8, 4) is 17.0 Å². The Balaban J connectivity index is 1.85. The van der Waals surface area contributed by atoms with E-state index in [2.05, 4.69) is 10.3 Å². The van der Waals surface area contributed by atoms with Crippen LogP contribution in [-0.2, 0) is 0 Å². The molecule has 3 aromatic rings. The molecular formula is C16H15N3OS. The average molecular weight is 297 g/mol. The number of nitrogens with zero attached hydrogens (tertiary/aromatic N) is 1. The minimum absolute atomic E-state index is 0.668. The SMILES string of the molecule is COc1cc(N)ccc1Nc1nc(-c2ccccc2)cs1. The second-order valence-electron chi connectivity index (χ2n) is 4.49. The zero-order valence-corrected chi connectivity index (χ0v) is 12.4. The van der Waals surface area contributed by atoms with Crippen molar-refractivity contribution in [2.45, 2.75) is 0 Å². The van der Waals surface area contributed by atoms with Gasteiger partial charge in [0.25, 0.3) is 0 Å². The number of ether oxygens (including phenoxy) is 1. The van der Waals surface area contributed by atoms with E-state index in [1.807, 2.05) is 47.8 Å². The summed E-state index contributed by atoms with van der Waals surface area (Å²) in [6.45, 7) is 0. The molecule has 0 spiro atoms. The Morgan fingerprint density at radius 3 is 2.71 bits per heavy atom. The maximum absolute atomic E-state index is 5.76. The van der Waals surface area contributed by atoms with Gasteiger partial charge in [-0.2, -0.15) is 0 Å². The number of methoxy groups -OCH3 is 1. The molecule has 1 heterocycles. The van der Waals surface area contributed by atoms with Gasteiger partial charge in [0.2, 0.25) is 0 Å². The van der Waals surface area contributed by atoms with Gasteiger partial charge in [-0.1, -0.05) is 30.3 Å². The molecule has 0 atom stereocenters. The highest BCUT2D eigenvalue weighted by Crippen LogP contribution is 2.32. The normalized spacial score (nSPS) is 10.3. The zero-order chi connectivity index (χ0) is 14.7. The van der Waals surface area contributed by atoms with Crippen LogP contribution >= 0.6 is 11.3 Å². The topological polar surface area (TPSA) is 60.2 Å². The van der Waals surface area contributed by atoms with Gasteiger partial charge in [0.1, 0.15) is 5.75 Å². The highest BCUT2D eigenvalue weighted by atomic mass is 32.1. The number of nitrogens with one attached hydrogen (secondary N) is 1. The van der Waals surface area contributed by atoms with E-state index in [1.54, 1.807) is 24.5 Å². The highest BCUT2D eigenvalue weighted by Gasteiger charge is 2.08. The summed E-state index contributed by atoms with van der Waals surface area (Å²) in [5.74, 6) is 0.700. The summed E-state index contributed by atoms with van der Waals surface area (Å²) in [7, 11) is 1.62. The van der Waals surface area contributed by atoms with E-state index in [1.165, 1.54) is 0 Å². The van der Waals surface area contributed by atoms with Crippen molar-refractivity contribution in [1.29, 1.82) is 0 Å². The third-order valence-corrected chi connectivity index (χ3v) is 3.80. The summed E-state index contributed by atoms with van der Waals surface area (Å²) >= 11 is 1.55. The van der Waals surface area contributed by atoms with Crippen LogP contribution in [0.15, 0.2) is 53.9 Å². The van der Waals surface area contributed by atoms with Gasteiger partial charge in [-0.3, -0.25) is 0 Å². The van der Waals surface area contributed by atoms with E-state index in [9.17, 15) is 0 Å². The van der Waals surface area contributed by atoms with Crippen molar-refractivity contribution in [2.24, 2.45) is 0 Å². The van der Waals surface area contributed by atoms with Crippen LogP contribution in [0.1, 0.15) is 0 Å². The van der Waals surface area contributed by atoms with Crippen LogP contribution in [0.25, 0.3) is 11.3 Å². The molecule has 0 aliphatic heterocycles. The summed E-state index contributed by atoms with van der Waals surface area (Å²) in [6.07, 6.45) is 0. The van der Waals surface area contributed by atoms with Gasteiger partial charge in [-0.15, -0.1) is 11.3 Å². The minimum atomic E-state index is 0.668. The third-order valence-electron chi connectivity index (χ3n) is 3.04. The van der Waals surface area contributed by atoms with E-state index >= 15 is 0 Å². The monoisotopic (exact) mass is 297 g/mol. The van der Waals surface area contributed by atoms with Crippen LogP contribution in [-0.4, -0.2) is 12.1 Å². The first-order valence-corrected chi connectivity index (χ1v) is 7.36. The quantitative estimate of drug-likeness (QED) is 0.710. The molecule has 106 valence electrons. The van der Waals surface area contributed by atoms with Gasteiger partial charge < -0.3 is 15.8 Å². The van der Waals surface area contributed by atoms with Crippen molar-refractivity contribution in [3.63, 3.8) is 0 Å². The molecule has 5 heteroatoms. The fourth-order valence-electron chi connectivity index (χ4n) is 2.00. The standard InChI is InChI=1S/C16H15N3OS/c1-20-15-9-12(17)7-8-13(15)18-16-19-14(10-21-16)11-5-3-2-4-6-11/h2-10H,17H2,1H3,(H,18,19). The second kappa shape index (κ2) is 5.85. The van der Waals surface area contributed by atoms with E-state index < -0.39 is 0 Å². The van der Waals surface area contributed by atoms with Gasteiger partial charge >= 0.3 is 0 Å². The summed E-state index contributed by atoms with van der Waals surface area (Å²) in [4.78, 5) is 4.59. The largest absolute Gasteiger partial charge is 0.494 e. The molecule has 21 heavy (non-hydrogen) atoms. The molecule has 0 saturated carbocycles. The van der Waals surface area contributed by atoms with Crippen LogP contribution in [0.2, 0.25) is 0 Å². The molecule has 3 N–H and O–H groups in total. The van der Waals surface area contributed by atoms with Crippen molar-refractivity contribution >= 4 is 27.8 Å². The summed E-state index contributed by atoms with van der Waals surface area (Å²) in [6, 6.07) is 15.6. The lowest BCUT2D eigenvalue weighted by molar-refractivity contribution is 0.417. The Morgan fingerprint density at radius 2 is 1.95 bits per heavy atom. The Morgan fingerprint density at radius 1 is 1.14 bits per heavy atom. The number of aromatic nitrogens is 1. The molecule has 1 aromatic heterocycles. The van der Waals surface area contributed by atoms with Crippen LogP contribution in [0, 0.1) is 0 Å². The molecule has 0 radical (unpaired) electrons. The van der Waals surface area contributed by atoms with Gasteiger partial charge in [0.15, 0.2) is 5.13 Å². The maximum Gasteiger partial charge on any atom is 0.187 e. The fraction of sp³-hybridized carbons (Fsp3) is 0.0625. The smallest absolute Gasteiger partial charge is 0.187 e. The lowest BCUT2D eigenvalue weighted by Crippen LogP contribution is -1.96. The summed E-state index contributed by atoms with van der Waals surface area (Å²) < 4.78 is 5.32. The molecule has 0 aliphatic rings. The second-order valence-corrected chi connectivity index (χ2v) is 5.35. The first-order valence-electron chi connectivity index (χ1n) is 6.48. The van der Waals surface area contributed by atoms with E-state index in [-0.39, 0.29) is 0 Å². The molecule has 0 amide bonds. The number of hydrogen-bond donors (Lipinski definition) is 2. The predicted molar refractivity (Wildman–Crippen MR) is 88.2 cm³/mol. The third kappa shape index (κ3) is 2.98. The number of thiazole rings is 1. The lowest BCUT2D eigenvalue weighted by Gasteiger charge is -2.09. The van der Waals surface area contributed by atoms with Gasteiger partial charge in [0.05, 0.1) is 18.5 Å². The molecule has 0 saturated heterocycles. The van der Waals surface area contributed by atoms with Crippen molar-refractivity contribution in [1.82, 2.24) is 4.98 Å². The molecule has 4 nitrogen and oxygen atoms in total. The highest BCUT2D eigenvalue weighted by molar-refractivity contribution is 7.14. The molecule has 2 aromatic carbocycles. The molecule has 0 aliphatic carbocycles. The van der Waals surface area contributed by atoms with Crippen LogP contribution in [0.5, 0.6) is 5.75 Å². The Hall–Kier alpha value is -2.53. The van der Waals surface area contributed by atoms with Crippen molar-refractivity contribution in [3.05, 3.63) is 53.9 Å². The number of nitrogen functional groups attached to an aromatic ring is 1. The van der Waals surface area contributed by atoms with Gasteiger partial charge in [0, 0.05) is 22.7 Å². The molecule has 0 fully saturated rings. The number of benzene rings is 2. The Bertz CT molecular complexity index is 740. The number of hydrogen-bond acceptors (Lipinski definition) is 5. The molecular weight excluding hydrogens is 282 g/mol. The molecule has 0 unspecified atom stereocenters. The van der Waals surface area contributed by atoms with Gasteiger partial charge in [-0.05, 0) is 12.1 Å². The Labute approximate surface area is 127 Å². The predicted octanol–water partition coefficient (Wildman–Crippen LogP) is 4.14. The lowest BCUT2D eigenvalue weighted by atomic mass is 10.2. The molecule has 0 bridgehead atoms. The molecule has 3 rings (SSSR count). The zero-order valence-electron chi connectivity index (χ0n) is 11.5. The van der Waals surface area contributed by atoms with Crippen LogP contribution < -0.4 is 15.8 Å². The first kappa shape index (κ1) is 13.5. The van der Waals surface area contributed by atoms with Crippen molar-refractivity contribution in [2.75, 3.05) is 18.2 Å². The van der Waals surface area contributed by atoms with E-state index in [0.717, 1.165) is 22.1 Å². The van der Waals surface area contributed by atoms with Crippen molar-refractivity contribution < 1.29 is 4.74 Å². The minimum Gasteiger partial charge on any atom is -0.494 e.